The van der Waals surface area contributed by atoms with Crippen molar-refractivity contribution in [3.63, 3.8) is 0 Å². The smallest absolute Gasteiger partial charge is 0.407 e. The van der Waals surface area contributed by atoms with E-state index in [0.717, 1.165) is 0 Å². The van der Waals surface area contributed by atoms with Crippen molar-refractivity contribution in [2.75, 3.05) is 13.1 Å². The molecule has 35 heavy (non-hydrogen) atoms. The van der Waals surface area contributed by atoms with Crippen LogP contribution in [-0.2, 0) is 6.54 Å². The summed E-state index contributed by atoms with van der Waals surface area (Å²) in [7, 11) is 0. The number of amides is 2. The summed E-state index contributed by atoms with van der Waals surface area (Å²) in [5, 5.41) is 17.1. The molecule has 1 aromatic heterocycles. The molecule has 0 atom stereocenters. The zero-order valence-electron chi connectivity index (χ0n) is 19.5. The van der Waals surface area contributed by atoms with E-state index in [0.29, 0.717) is 33.2 Å². The molecule has 0 saturated carbocycles. The van der Waals surface area contributed by atoms with Gasteiger partial charge in [-0.05, 0) is 57.2 Å². The lowest BCUT2D eigenvalue weighted by atomic mass is 10.00. The van der Waals surface area contributed by atoms with Gasteiger partial charge in [-0.25, -0.2) is 13.9 Å². The van der Waals surface area contributed by atoms with E-state index in [1.165, 1.54) is 11.0 Å². The fourth-order valence-corrected chi connectivity index (χ4v) is 4.13. The fourth-order valence-electron chi connectivity index (χ4n) is 3.95. The van der Waals surface area contributed by atoms with Crippen LogP contribution in [0.5, 0.6) is 0 Å². The first-order valence-corrected chi connectivity index (χ1v) is 11.4. The molecule has 0 bridgehead atoms. The van der Waals surface area contributed by atoms with Crippen LogP contribution in [0.1, 0.15) is 48.1 Å². The SMILES string of the molecule is CC(C)(C)N(CCNC(=O)c1cc2n(n1)-c1ccc(Cl)cc1C(c1ccccc1F)=NC2)C(=O)O. The molecule has 2 amide bonds. The highest BCUT2D eigenvalue weighted by atomic mass is 35.5. The van der Waals surface area contributed by atoms with Gasteiger partial charge < -0.3 is 15.3 Å². The van der Waals surface area contributed by atoms with Gasteiger partial charge in [0, 0.05) is 34.8 Å². The summed E-state index contributed by atoms with van der Waals surface area (Å²) < 4.78 is 16.2. The number of hydrogen-bond donors (Lipinski definition) is 2. The van der Waals surface area contributed by atoms with Crippen molar-refractivity contribution in [1.29, 1.82) is 0 Å². The molecular formula is C25H25ClFN5O3. The van der Waals surface area contributed by atoms with E-state index in [-0.39, 0.29) is 25.3 Å². The van der Waals surface area contributed by atoms with Gasteiger partial charge in [0.1, 0.15) is 5.82 Å². The van der Waals surface area contributed by atoms with Gasteiger partial charge in [-0.15, -0.1) is 0 Å². The zero-order chi connectivity index (χ0) is 25.3. The number of fused-ring (bicyclic) bond motifs is 3. The number of aromatic nitrogens is 2. The Hall–Kier alpha value is -3.72. The van der Waals surface area contributed by atoms with Crippen molar-refractivity contribution in [3.8, 4) is 5.69 Å². The van der Waals surface area contributed by atoms with Crippen molar-refractivity contribution in [2.45, 2.75) is 32.9 Å². The minimum absolute atomic E-state index is 0.131. The van der Waals surface area contributed by atoms with Gasteiger partial charge in [-0.2, -0.15) is 5.10 Å². The third-order valence-corrected chi connectivity index (χ3v) is 5.88. The zero-order valence-corrected chi connectivity index (χ0v) is 20.3. The van der Waals surface area contributed by atoms with Crippen LogP contribution in [0.3, 0.4) is 0 Å². The second-order valence-electron chi connectivity index (χ2n) is 9.10. The lowest BCUT2D eigenvalue weighted by Gasteiger charge is -2.33. The third kappa shape index (κ3) is 5.05. The van der Waals surface area contributed by atoms with Gasteiger partial charge in [0.05, 0.1) is 23.6 Å². The predicted octanol–water partition coefficient (Wildman–Crippen LogP) is 4.52. The number of nitrogens with one attached hydrogen (secondary N) is 1. The first-order valence-electron chi connectivity index (χ1n) is 11.0. The number of carbonyl (C=O) groups excluding carboxylic acids is 1. The highest BCUT2D eigenvalue weighted by Gasteiger charge is 2.27. The van der Waals surface area contributed by atoms with Gasteiger partial charge in [0.2, 0.25) is 0 Å². The Kier molecular flexibility index (Phi) is 6.62. The molecule has 10 heteroatoms. The standard InChI is InChI=1S/C25H25ClFN5O3/c1-25(2,3)31(24(34)35)11-10-28-23(33)20-13-16-14-29-22(17-6-4-5-7-19(17)27)18-12-15(26)8-9-21(18)32(16)30-20/h4-9,12-13H,10-11,14H2,1-3H3,(H,28,33)(H,34,35). The van der Waals surface area contributed by atoms with E-state index in [2.05, 4.69) is 15.4 Å². The molecular weight excluding hydrogens is 473 g/mol. The van der Waals surface area contributed by atoms with Crippen LogP contribution in [0.15, 0.2) is 53.5 Å². The summed E-state index contributed by atoms with van der Waals surface area (Å²) in [6, 6.07) is 13.2. The van der Waals surface area contributed by atoms with E-state index in [1.807, 2.05) is 0 Å². The summed E-state index contributed by atoms with van der Waals surface area (Å²) in [6.07, 6.45) is -1.06. The first kappa shape index (κ1) is 24.4. The molecule has 4 rings (SSSR count). The molecule has 0 aliphatic carbocycles. The maximum Gasteiger partial charge on any atom is 0.407 e. The number of halogens is 2. The van der Waals surface area contributed by atoms with E-state index in [1.54, 1.807) is 67.9 Å². The summed E-state index contributed by atoms with van der Waals surface area (Å²) in [6.45, 7) is 5.80. The summed E-state index contributed by atoms with van der Waals surface area (Å²) >= 11 is 6.25. The lowest BCUT2D eigenvalue weighted by Crippen LogP contribution is -2.48. The molecule has 1 aliphatic rings. The molecule has 182 valence electrons. The van der Waals surface area contributed by atoms with E-state index in [4.69, 9.17) is 11.6 Å². The van der Waals surface area contributed by atoms with Gasteiger partial charge in [-0.3, -0.25) is 9.79 Å². The molecule has 2 aromatic carbocycles. The van der Waals surface area contributed by atoms with Gasteiger partial charge in [-0.1, -0.05) is 23.7 Å². The Morgan fingerprint density at radius 1 is 1.17 bits per heavy atom. The van der Waals surface area contributed by atoms with Gasteiger partial charge >= 0.3 is 6.09 Å². The van der Waals surface area contributed by atoms with Gasteiger partial charge in [0.15, 0.2) is 5.69 Å². The number of rotatable bonds is 5. The Morgan fingerprint density at radius 2 is 1.91 bits per heavy atom. The lowest BCUT2D eigenvalue weighted by molar-refractivity contribution is 0.0888. The Morgan fingerprint density at radius 3 is 2.60 bits per heavy atom. The molecule has 0 fully saturated rings. The Bertz CT molecular complexity index is 1330. The number of hydrogen-bond acceptors (Lipinski definition) is 4. The number of carbonyl (C=O) groups is 2. The normalized spacial score (nSPS) is 12.8. The van der Waals surface area contributed by atoms with Crippen molar-refractivity contribution in [1.82, 2.24) is 20.0 Å². The average molecular weight is 498 g/mol. The summed E-state index contributed by atoms with van der Waals surface area (Å²) in [4.78, 5) is 30.2. The van der Waals surface area contributed by atoms with Crippen LogP contribution in [0.25, 0.3) is 5.69 Å². The van der Waals surface area contributed by atoms with Crippen molar-refractivity contribution < 1.29 is 19.1 Å². The molecule has 0 unspecified atom stereocenters. The summed E-state index contributed by atoms with van der Waals surface area (Å²) in [5.74, 6) is -0.832. The van der Waals surface area contributed by atoms with E-state index < -0.39 is 23.4 Å². The number of carboxylic acid groups (broad SMARTS) is 1. The van der Waals surface area contributed by atoms with Crippen LogP contribution in [0, 0.1) is 5.82 Å². The number of aliphatic imine (C=N–C) groups is 1. The number of nitrogens with zero attached hydrogens (tertiary/aromatic N) is 4. The Labute approximate surface area is 207 Å². The third-order valence-electron chi connectivity index (χ3n) is 5.65. The van der Waals surface area contributed by atoms with Crippen molar-refractivity contribution in [3.05, 3.63) is 81.9 Å². The molecule has 2 heterocycles. The summed E-state index contributed by atoms with van der Waals surface area (Å²) in [5.41, 5.74) is 2.23. The number of benzene rings is 2. The minimum Gasteiger partial charge on any atom is -0.465 e. The Balaban J connectivity index is 1.61. The van der Waals surface area contributed by atoms with Crippen LogP contribution in [-0.4, -0.2) is 56.1 Å². The van der Waals surface area contributed by atoms with Gasteiger partial charge in [0.25, 0.3) is 5.91 Å². The first-order chi connectivity index (χ1) is 16.6. The molecule has 2 N–H and O–H groups in total. The van der Waals surface area contributed by atoms with Crippen LogP contribution in [0.4, 0.5) is 9.18 Å². The molecule has 0 radical (unpaired) electrons. The second kappa shape index (κ2) is 9.50. The average Bonchev–Trinajstić information content (AvgIpc) is 3.15. The van der Waals surface area contributed by atoms with Crippen LogP contribution < -0.4 is 5.32 Å². The largest absolute Gasteiger partial charge is 0.465 e. The van der Waals surface area contributed by atoms with Crippen LogP contribution >= 0.6 is 11.6 Å². The molecule has 1 aliphatic heterocycles. The topological polar surface area (TPSA) is 99.8 Å². The molecule has 0 saturated heterocycles. The predicted molar refractivity (Wildman–Crippen MR) is 131 cm³/mol. The molecule has 0 spiro atoms. The maximum absolute atomic E-state index is 14.6. The van der Waals surface area contributed by atoms with Crippen molar-refractivity contribution in [2.24, 2.45) is 4.99 Å². The van der Waals surface area contributed by atoms with Crippen LogP contribution in [0.2, 0.25) is 5.02 Å². The second-order valence-corrected chi connectivity index (χ2v) is 9.54. The monoisotopic (exact) mass is 497 g/mol. The van der Waals surface area contributed by atoms with E-state index >= 15 is 0 Å². The molecule has 3 aromatic rings. The minimum atomic E-state index is -1.06. The highest BCUT2D eigenvalue weighted by Crippen LogP contribution is 2.28. The fraction of sp³-hybridized carbons (Fsp3) is 0.280. The highest BCUT2D eigenvalue weighted by molar-refractivity contribution is 6.31. The quantitative estimate of drug-likeness (QED) is 0.541. The maximum atomic E-state index is 14.6. The van der Waals surface area contributed by atoms with Crippen molar-refractivity contribution >= 4 is 29.3 Å². The van der Waals surface area contributed by atoms with E-state index in [9.17, 15) is 19.1 Å². The molecule has 8 nitrogen and oxygen atoms in total.